The Labute approximate surface area is 136 Å². The van der Waals surface area contributed by atoms with Crippen molar-refractivity contribution in [3.8, 4) is 11.5 Å². The summed E-state index contributed by atoms with van der Waals surface area (Å²) in [5, 5.41) is 6.47. The molecule has 110 valence electrons. The van der Waals surface area contributed by atoms with Gasteiger partial charge >= 0.3 is 0 Å². The number of nitrogens with zero attached hydrogens (tertiary/aromatic N) is 1. The van der Waals surface area contributed by atoms with Crippen LogP contribution in [0.3, 0.4) is 0 Å². The number of nitrogens with one attached hydrogen (secondary N) is 2. The van der Waals surface area contributed by atoms with Crippen molar-refractivity contribution in [2.45, 2.75) is 0 Å². The highest BCUT2D eigenvalue weighted by Gasteiger charge is 2.07. The second-order valence-corrected chi connectivity index (χ2v) is 5.33. The van der Waals surface area contributed by atoms with Gasteiger partial charge in [-0.15, -0.1) is 0 Å². The van der Waals surface area contributed by atoms with Crippen LogP contribution in [-0.2, 0) is 0 Å². The number of hydrogen-bond acceptors (Lipinski definition) is 4. The quantitative estimate of drug-likeness (QED) is 0.804. The highest BCUT2D eigenvalue weighted by Crippen LogP contribution is 2.29. The van der Waals surface area contributed by atoms with Gasteiger partial charge in [-0.25, -0.2) is 4.98 Å². The Hall–Kier alpha value is -1.86. The number of thiocarbonyl (C=S) groups is 1. The minimum atomic E-state index is 0.413. The van der Waals surface area contributed by atoms with Gasteiger partial charge in [-0.2, -0.15) is 0 Å². The van der Waals surface area contributed by atoms with Gasteiger partial charge in [0, 0.05) is 16.7 Å². The second-order valence-electron chi connectivity index (χ2n) is 4.01. The molecule has 0 fully saturated rings. The van der Waals surface area contributed by atoms with Crippen molar-refractivity contribution in [2.24, 2.45) is 0 Å². The van der Waals surface area contributed by atoms with Gasteiger partial charge in [-0.05, 0) is 52.4 Å². The van der Waals surface area contributed by atoms with Crippen LogP contribution in [0.5, 0.6) is 11.5 Å². The topological polar surface area (TPSA) is 55.4 Å². The molecule has 0 aliphatic carbocycles. The Kier molecular flexibility index (Phi) is 5.35. The fourth-order valence-electron chi connectivity index (χ4n) is 1.63. The minimum absolute atomic E-state index is 0.413. The molecule has 0 amide bonds. The molecule has 7 heteroatoms. The molecule has 0 saturated heterocycles. The zero-order valence-electron chi connectivity index (χ0n) is 11.5. The largest absolute Gasteiger partial charge is 0.497 e. The summed E-state index contributed by atoms with van der Waals surface area (Å²) in [6.07, 6.45) is 1.69. The van der Waals surface area contributed by atoms with E-state index in [1.165, 1.54) is 0 Å². The average Bonchev–Trinajstić information content (AvgIpc) is 2.49. The van der Waals surface area contributed by atoms with Gasteiger partial charge in [0.2, 0.25) is 0 Å². The fourth-order valence-corrected chi connectivity index (χ4v) is 2.08. The smallest absolute Gasteiger partial charge is 0.176 e. The predicted molar refractivity (Wildman–Crippen MR) is 91.3 cm³/mol. The summed E-state index contributed by atoms with van der Waals surface area (Å²) in [5.41, 5.74) is 0.714. The molecular weight excluding hydrogens is 354 g/mol. The molecule has 2 N–H and O–H groups in total. The van der Waals surface area contributed by atoms with E-state index in [-0.39, 0.29) is 0 Å². The van der Waals surface area contributed by atoms with E-state index in [0.717, 1.165) is 4.47 Å². The lowest BCUT2D eigenvalue weighted by Gasteiger charge is -2.14. The lowest BCUT2D eigenvalue weighted by molar-refractivity contribution is 0.405. The van der Waals surface area contributed by atoms with Gasteiger partial charge in [0.05, 0.1) is 19.9 Å². The molecule has 0 spiro atoms. The molecule has 1 aromatic heterocycles. The van der Waals surface area contributed by atoms with Gasteiger partial charge in [0.1, 0.15) is 17.3 Å². The van der Waals surface area contributed by atoms with Gasteiger partial charge in [-0.1, -0.05) is 0 Å². The van der Waals surface area contributed by atoms with E-state index in [1.54, 1.807) is 20.4 Å². The first-order chi connectivity index (χ1) is 10.1. The zero-order chi connectivity index (χ0) is 15.2. The first-order valence-corrected chi connectivity index (χ1v) is 7.24. The van der Waals surface area contributed by atoms with E-state index in [2.05, 4.69) is 31.5 Å². The molecule has 0 radical (unpaired) electrons. The predicted octanol–water partition coefficient (Wildman–Crippen LogP) is 3.67. The van der Waals surface area contributed by atoms with Crippen LogP contribution in [0.2, 0.25) is 0 Å². The van der Waals surface area contributed by atoms with E-state index in [9.17, 15) is 0 Å². The van der Waals surface area contributed by atoms with Crippen LogP contribution in [0.15, 0.2) is 41.0 Å². The molecule has 0 bridgehead atoms. The van der Waals surface area contributed by atoms with Crippen molar-refractivity contribution in [3.05, 3.63) is 41.0 Å². The number of methoxy groups -OCH3 is 2. The number of aromatic nitrogens is 1. The zero-order valence-corrected chi connectivity index (χ0v) is 13.9. The van der Waals surface area contributed by atoms with Crippen LogP contribution in [-0.4, -0.2) is 24.3 Å². The number of halogens is 1. The number of hydrogen-bond donors (Lipinski definition) is 2. The summed E-state index contributed by atoms with van der Waals surface area (Å²) in [6, 6.07) is 9.13. The van der Waals surface area contributed by atoms with E-state index in [0.29, 0.717) is 28.1 Å². The molecule has 5 nitrogen and oxygen atoms in total. The minimum Gasteiger partial charge on any atom is -0.497 e. The maximum Gasteiger partial charge on any atom is 0.176 e. The normalized spacial score (nSPS) is 9.86. The molecular formula is C14H14BrN3O2S. The number of anilines is 2. The molecule has 2 aromatic rings. The van der Waals surface area contributed by atoms with Gasteiger partial charge < -0.3 is 20.1 Å². The third-order valence-corrected chi connectivity index (χ3v) is 3.30. The average molecular weight is 368 g/mol. The van der Waals surface area contributed by atoms with Crippen molar-refractivity contribution >= 4 is 44.8 Å². The SMILES string of the molecule is COc1ccc(OC)c(NC(=S)Nc2ccc(Br)cn2)c1. The maximum absolute atomic E-state index is 5.28. The molecule has 0 unspecified atom stereocenters. The Morgan fingerprint density at radius 1 is 1.14 bits per heavy atom. The number of benzene rings is 1. The van der Waals surface area contributed by atoms with Crippen molar-refractivity contribution in [2.75, 3.05) is 24.9 Å². The molecule has 2 rings (SSSR count). The molecule has 1 heterocycles. The Morgan fingerprint density at radius 3 is 2.57 bits per heavy atom. The first kappa shape index (κ1) is 15.5. The number of ether oxygens (including phenoxy) is 2. The van der Waals surface area contributed by atoms with Crippen LogP contribution in [0.1, 0.15) is 0 Å². The highest BCUT2D eigenvalue weighted by atomic mass is 79.9. The third kappa shape index (κ3) is 4.30. The third-order valence-electron chi connectivity index (χ3n) is 2.62. The molecule has 0 aliphatic heterocycles. The molecule has 0 saturated carbocycles. The summed E-state index contributed by atoms with van der Waals surface area (Å²) in [5.74, 6) is 2.03. The summed E-state index contributed by atoms with van der Waals surface area (Å²) in [7, 11) is 3.20. The fraction of sp³-hybridized carbons (Fsp3) is 0.143. The van der Waals surface area contributed by atoms with Crippen molar-refractivity contribution < 1.29 is 9.47 Å². The van der Waals surface area contributed by atoms with E-state index >= 15 is 0 Å². The van der Waals surface area contributed by atoms with E-state index < -0.39 is 0 Å². The summed E-state index contributed by atoms with van der Waals surface area (Å²) < 4.78 is 11.4. The van der Waals surface area contributed by atoms with Gasteiger partial charge in [0.25, 0.3) is 0 Å². The standard InChI is InChI=1S/C14H14BrN3O2S/c1-19-10-4-5-12(20-2)11(7-10)17-14(21)18-13-6-3-9(15)8-16-13/h3-8H,1-2H3,(H2,16,17,18,21). The van der Waals surface area contributed by atoms with Crippen LogP contribution in [0.4, 0.5) is 11.5 Å². The highest BCUT2D eigenvalue weighted by molar-refractivity contribution is 9.10. The lowest BCUT2D eigenvalue weighted by atomic mass is 10.2. The second kappa shape index (κ2) is 7.24. The van der Waals surface area contributed by atoms with E-state index in [1.807, 2.05) is 30.3 Å². The van der Waals surface area contributed by atoms with Gasteiger partial charge in [0.15, 0.2) is 5.11 Å². The lowest BCUT2D eigenvalue weighted by Crippen LogP contribution is -2.20. The Bertz CT molecular complexity index is 635. The van der Waals surface area contributed by atoms with Crippen molar-refractivity contribution in [1.82, 2.24) is 4.98 Å². The van der Waals surface area contributed by atoms with Crippen molar-refractivity contribution in [1.29, 1.82) is 0 Å². The summed E-state index contributed by atoms with van der Waals surface area (Å²) >= 11 is 8.60. The maximum atomic E-state index is 5.28. The van der Waals surface area contributed by atoms with Crippen molar-refractivity contribution in [3.63, 3.8) is 0 Å². The van der Waals surface area contributed by atoms with Gasteiger partial charge in [-0.3, -0.25) is 0 Å². The first-order valence-electron chi connectivity index (χ1n) is 6.04. The summed E-state index contributed by atoms with van der Waals surface area (Å²) in [4.78, 5) is 4.19. The summed E-state index contributed by atoms with van der Waals surface area (Å²) in [6.45, 7) is 0. The number of pyridine rings is 1. The van der Waals surface area contributed by atoms with Crippen LogP contribution >= 0.6 is 28.1 Å². The monoisotopic (exact) mass is 367 g/mol. The molecule has 1 aromatic carbocycles. The molecule has 21 heavy (non-hydrogen) atoms. The Morgan fingerprint density at radius 2 is 1.95 bits per heavy atom. The van der Waals surface area contributed by atoms with Crippen LogP contribution < -0.4 is 20.1 Å². The van der Waals surface area contributed by atoms with Crippen LogP contribution in [0, 0.1) is 0 Å². The van der Waals surface area contributed by atoms with E-state index in [4.69, 9.17) is 21.7 Å². The number of rotatable bonds is 4. The molecule has 0 aliphatic rings. The van der Waals surface area contributed by atoms with Crippen LogP contribution in [0.25, 0.3) is 0 Å². The molecule has 0 atom stereocenters. The Balaban J connectivity index is 2.09.